The molecule has 0 aliphatic rings. The van der Waals surface area contributed by atoms with Gasteiger partial charge in [-0.05, 0) is 42.0 Å². The number of carboxylic acid groups (broad SMARTS) is 1. The number of nitrogens with zero attached hydrogens (tertiary/aromatic N) is 1. The summed E-state index contributed by atoms with van der Waals surface area (Å²) < 4.78 is 5.06. The van der Waals surface area contributed by atoms with Crippen LogP contribution in [0.5, 0.6) is 5.75 Å². The number of rotatable bonds is 8. The molecule has 0 fully saturated rings. The summed E-state index contributed by atoms with van der Waals surface area (Å²) in [5.74, 6) is -0.821. The molecule has 0 heterocycles. The van der Waals surface area contributed by atoms with Crippen molar-refractivity contribution in [1.82, 2.24) is 5.06 Å². The summed E-state index contributed by atoms with van der Waals surface area (Å²) >= 11 is 5.92. The van der Waals surface area contributed by atoms with Crippen molar-refractivity contribution < 1.29 is 24.3 Å². The lowest BCUT2D eigenvalue weighted by atomic mass is 10.2. The Bertz CT molecular complexity index is 733. The lowest BCUT2D eigenvalue weighted by Crippen LogP contribution is -2.33. The molecule has 6 nitrogen and oxygen atoms in total. The van der Waals surface area contributed by atoms with E-state index >= 15 is 0 Å². The van der Waals surface area contributed by atoms with Gasteiger partial charge in [0.25, 0.3) is 5.91 Å². The Morgan fingerprint density at radius 2 is 1.88 bits per heavy atom. The van der Waals surface area contributed by atoms with E-state index in [4.69, 9.17) is 26.3 Å². The molecular formula is C18H18ClNO5. The highest BCUT2D eigenvalue weighted by Gasteiger charge is 2.18. The molecule has 0 aliphatic heterocycles. The molecule has 2 rings (SSSR count). The Kier molecular flexibility index (Phi) is 6.80. The van der Waals surface area contributed by atoms with Crippen LogP contribution in [0.2, 0.25) is 5.02 Å². The van der Waals surface area contributed by atoms with E-state index < -0.39 is 11.9 Å². The molecule has 2 aromatic rings. The number of aliphatic carboxylic acids is 1. The summed E-state index contributed by atoms with van der Waals surface area (Å²) in [5.41, 5.74) is 1.15. The van der Waals surface area contributed by atoms with Crippen molar-refractivity contribution in [2.24, 2.45) is 0 Å². The Hall–Kier alpha value is -2.57. The summed E-state index contributed by atoms with van der Waals surface area (Å²) in [6.07, 6.45) is -0.225. The molecule has 0 aliphatic carbocycles. The standard InChI is InChI=1S/C18H18ClNO5/c1-24-16-7-5-14(6-8-16)18(23)20(10-9-17(21)22)25-12-13-3-2-4-15(19)11-13/h2-8,11H,9-10,12H2,1H3,(H,21,22). The minimum atomic E-state index is -1.01. The van der Waals surface area contributed by atoms with Gasteiger partial charge in [-0.25, -0.2) is 5.06 Å². The fourth-order valence-corrected chi connectivity index (χ4v) is 2.29. The second-order valence-corrected chi connectivity index (χ2v) is 5.62. The number of amides is 1. The van der Waals surface area contributed by atoms with E-state index in [0.29, 0.717) is 16.3 Å². The Balaban J connectivity index is 2.10. The van der Waals surface area contributed by atoms with Gasteiger partial charge in [-0.15, -0.1) is 0 Å². The zero-order valence-electron chi connectivity index (χ0n) is 13.6. The predicted molar refractivity (Wildman–Crippen MR) is 92.5 cm³/mol. The van der Waals surface area contributed by atoms with Crippen LogP contribution >= 0.6 is 11.6 Å². The Labute approximate surface area is 150 Å². The number of ether oxygens (including phenoxy) is 1. The molecule has 132 valence electrons. The van der Waals surface area contributed by atoms with E-state index in [1.807, 2.05) is 0 Å². The summed E-state index contributed by atoms with van der Waals surface area (Å²) in [7, 11) is 1.53. The second kappa shape index (κ2) is 9.05. The van der Waals surface area contributed by atoms with Crippen LogP contribution in [0.15, 0.2) is 48.5 Å². The SMILES string of the molecule is COc1ccc(C(=O)N(CCC(=O)O)OCc2cccc(Cl)c2)cc1. The van der Waals surface area contributed by atoms with Crippen LogP contribution in [-0.2, 0) is 16.2 Å². The number of methoxy groups -OCH3 is 1. The third kappa shape index (κ3) is 5.77. The molecule has 2 aromatic carbocycles. The van der Waals surface area contributed by atoms with Crippen molar-refractivity contribution in [3.63, 3.8) is 0 Å². The van der Waals surface area contributed by atoms with E-state index in [9.17, 15) is 9.59 Å². The molecule has 0 saturated carbocycles. The van der Waals surface area contributed by atoms with E-state index in [1.54, 1.807) is 48.5 Å². The first-order valence-electron chi connectivity index (χ1n) is 7.54. The molecule has 0 spiro atoms. The fourth-order valence-electron chi connectivity index (χ4n) is 2.08. The molecule has 0 atom stereocenters. The van der Waals surface area contributed by atoms with Gasteiger partial charge in [0, 0.05) is 10.6 Å². The van der Waals surface area contributed by atoms with Crippen LogP contribution in [0, 0.1) is 0 Å². The maximum absolute atomic E-state index is 12.6. The van der Waals surface area contributed by atoms with Crippen LogP contribution in [-0.4, -0.2) is 35.7 Å². The molecule has 1 amide bonds. The first-order chi connectivity index (χ1) is 12.0. The predicted octanol–water partition coefficient (Wildman–Crippen LogP) is 3.40. The highest BCUT2D eigenvalue weighted by Crippen LogP contribution is 2.16. The van der Waals surface area contributed by atoms with Crippen molar-refractivity contribution in [3.05, 3.63) is 64.7 Å². The number of hydrogen-bond donors (Lipinski definition) is 1. The van der Waals surface area contributed by atoms with Gasteiger partial charge in [-0.3, -0.25) is 14.4 Å². The molecule has 0 radical (unpaired) electrons. The third-order valence-electron chi connectivity index (χ3n) is 3.37. The summed E-state index contributed by atoms with van der Waals surface area (Å²) in [6.45, 7) is 0.0306. The number of carbonyl (C=O) groups excluding carboxylic acids is 1. The third-order valence-corrected chi connectivity index (χ3v) is 3.60. The topological polar surface area (TPSA) is 76.1 Å². The van der Waals surface area contributed by atoms with Crippen LogP contribution in [0.25, 0.3) is 0 Å². The van der Waals surface area contributed by atoms with E-state index in [-0.39, 0.29) is 19.6 Å². The Morgan fingerprint density at radius 1 is 1.16 bits per heavy atom. The summed E-state index contributed by atoms with van der Waals surface area (Å²) in [4.78, 5) is 29.0. The normalized spacial score (nSPS) is 10.3. The van der Waals surface area contributed by atoms with Crippen molar-refractivity contribution >= 4 is 23.5 Å². The van der Waals surface area contributed by atoms with Gasteiger partial charge in [-0.1, -0.05) is 23.7 Å². The van der Waals surface area contributed by atoms with Crippen molar-refractivity contribution in [2.75, 3.05) is 13.7 Å². The lowest BCUT2D eigenvalue weighted by Gasteiger charge is -2.21. The average Bonchev–Trinajstić information content (AvgIpc) is 2.61. The number of carboxylic acids is 1. The average molecular weight is 364 g/mol. The zero-order chi connectivity index (χ0) is 18.2. The van der Waals surface area contributed by atoms with E-state index in [1.165, 1.54) is 7.11 Å². The summed E-state index contributed by atoms with van der Waals surface area (Å²) in [5, 5.41) is 10.5. The van der Waals surface area contributed by atoms with Gasteiger partial charge in [0.1, 0.15) is 12.4 Å². The number of hydrogen-bond acceptors (Lipinski definition) is 4. The van der Waals surface area contributed by atoms with Gasteiger partial charge in [-0.2, -0.15) is 0 Å². The minimum absolute atomic E-state index is 0.0687. The van der Waals surface area contributed by atoms with Crippen LogP contribution < -0.4 is 4.74 Å². The molecule has 7 heteroatoms. The number of benzene rings is 2. The molecule has 0 unspecified atom stereocenters. The first-order valence-corrected chi connectivity index (χ1v) is 7.92. The minimum Gasteiger partial charge on any atom is -0.497 e. The summed E-state index contributed by atoms with van der Waals surface area (Å²) in [6, 6.07) is 13.5. The van der Waals surface area contributed by atoms with Crippen molar-refractivity contribution in [3.8, 4) is 5.75 Å². The van der Waals surface area contributed by atoms with Gasteiger partial charge in [0.2, 0.25) is 0 Å². The molecule has 25 heavy (non-hydrogen) atoms. The molecular weight excluding hydrogens is 346 g/mol. The number of hydroxylamine groups is 2. The lowest BCUT2D eigenvalue weighted by molar-refractivity contribution is -0.148. The molecule has 0 aromatic heterocycles. The maximum Gasteiger partial charge on any atom is 0.305 e. The van der Waals surface area contributed by atoms with Gasteiger partial charge in [0.15, 0.2) is 0 Å². The monoisotopic (exact) mass is 363 g/mol. The van der Waals surface area contributed by atoms with Gasteiger partial charge >= 0.3 is 5.97 Å². The fraction of sp³-hybridized carbons (Fsp3) is 0.222. The van der Waals surface area contributed by atoms with Crippen LogP contribution in [0.3, 0.4) is 0 Å². The molecule has 0 bridgehead atoms. The van der Waals surface area contributed by atoms with E-state index in [2.05, 4.69) is 0 Å². The molecule has 1 N–H and O–H groups in total. The largest absolute Gasteiger partial charge is 0.497 e. The maximum atomic E-state index is 12.6. The quantitative estimate of drug-likeness (QED) is 0.727. The smallest absolute Gasteiger partial charge is 0.305 e. The van der Waals surface area contributed by atoms with Crippen molar-refractivity contribution in [1.29, 1.82) is 0 Å². The van der Waals surface area contributed by atoms with Gasteiger partial charge < -0.3 is 9.84 Å². The Morgan fingerprint density at radius 3 is 2.48 bits per heavy atom. The second-order valence-electron chi connectivity index (χ2n) is 5.18. The zero-order valence-corrected chi connectivity index (χ0v) is 14.4. The highest BCUT2D eigenvalue weighted by atomic mass is 35.5. The first kappa shape index (κ1) is 18.8. The van der Waals surface area contributed by atoms with Crippen molar-refractivity contribution in [2.45, 2.75) is 13.0 Å². The van der Waals surface area contributed by atoms with Crippen LogP contribution in [0.1, 0.15) is 22.3 Å². The highest BCUT2D eigenvalue weighted by molar-refractivity contribution is 6.30. The van der Waals surface area contributed by atoms with Gasteiger partial charge in [0.05, 0.1) is 20.1 Å². The molecule has 0 saturated heterocycles. The van der Waals surface area contributed by atoms with E-state index in [0.717, 1.165) is 10.6 Å². The van der Waals surface area contributed by atoms with Crippen LogP contribution in [0.4, 0.5) is 0 Å². The number of halogens is 1. The number of carbonyl (C=O) groups is 2.